The minimum absolute atomic E-state index is 0.973. The van der Waals surface area contributed by atoms with Gasteiger partial charge in [0, 0.05) is 0 Å². The minimum Gasteiger partial charge on any atom is -0.0701 e. The number of hydrogen-bond donors (Lipinski definition) is 0. The maximum Gasteiger partial charge on any atom is 0.0517 e. The molecule has 0 fully saturated rings. The molecule has 4 atom stereocenters. The molecule has 0 aromatic carbocycles. The lowest BCUT2D eigenvalue weighted by atomic mass is 9.80. The second-order valence-electron chi connectivity index (χ2n) is 13.7. The fraction of sp³-hybridized carbons (Fsp3) is 0.909. The monoisotopic (exact) mass is 424 g/mol. The Labute approximate surface area is 169 Å². The Bertz CT molecular complexity index is 451. The highest BCUT2D eigenvalue weighted by Gasteiger charge is 2.51. The highest BCUT2D eigenvalue weighted by Crippen LogP contribution is 2.63. The minimum atomic E-state index is -1.17. The van der Waals surface area contributed by atoms with Gasteiger partial charge in [-0.2, -0.15) is 0 Å². The van der Waals surface area contributed by atoms with Crippen molar-refractivity contribution in [3.8, 4) is 0 Å². The average molecular weight is 425 g/mol. The van der Waals surface area contributed by atoms with Gasteiger partial charge in [-0.25, -0.2) is 0 Å². The first-order valence-corrected chi connectivity index (χ1v) is 25.5. The van der Waals surface area contributed by atoms with E-state index in [0.29, 0.717) is 0 Å². The molecule has 0 aromatic rings. The fourth-order valence-corrected chi connectivity index (χ4v) is 15.8. The van der Waals surface area contributed by atoms with Crippen molar-refractivity contribution in [2.24, 2.45) is 0 Å². The van der Waals surface area contributed by atoms with Gasteiger partial charge >= 0.3 is 0 Å². The van der Waals surface area contributed by atoms with Crippen molar-refractivity contribution in [1.29, 1.82) is 0 Å². The second kappa shape index (κ2) is 7.14. The van der Waals surface area contributed by atoms with Crippen LogP contribution in [0.1, 0.15) is 25.7 Å². The average Bonchev–Trinajstić information content (AvgIpc) is 2.40. The lowest BCUT2D eigenvalue weighted by Gasteiger charge is -2.54. The van der Waals surface area contributed by atoms with Crippen molar-refractivity contribution in [1.82, 2.24) is 0 Å². The molecule has 0 saturated carbocycles. The Morgan fingerprint density at radius 3 is 0.654 bits per heavy atom. The summed E-state index contributed by atoms with van der Waals surface area (Å²) >= 11 is 0. The molecule has 4 heteroatoms. The molecular formula is C22H48Si4. The highest BCUT2D eigenvalue weighted by molar-refractivity contribution is 6.82. The summed E-state index contributed by atoms with van der Waals surface area (Å²) in [5, 5.41) is 0. The molecule has 0 N–H and O–H groups in total. The Hall–Kier alpha value is 0.608. The van der Waals surface area contributed by atoms with Crippen LogP contribution in [0, 0.1) is 0 Å². The highest BCUT2D eigenvalue weighted by atomic mass is 28.3. The van der Waals surface area contributed by atoms with Gasteiger partial charge in [-0.15, -0.1) is 0 Å². The molecule has 0 heterocycles. The Kier molecular flexibility index (Phi) is 6.28. The van der Waals surface area contributed by atoms with Crippen LogP contribution in [0.15, 0.2) is 11.1 Å². The number of rotatable bonds is 4. The lowest BCUT2D eigenvalue weighted by molar-refractivity contribution is 0.530. The summed E-state index contributed by atoms with van der Waals surface area (Å²) < 4.78 is 0. The van der Waals surface area contributed by atoms with Crippen molar-refractivity contribution in [2.75, 3.05) is 0 Å². The first-order chi connectivity index (χ1) is 11.5. The molecule has 0 aliphatic heterocycles. The molecule has 0 spiro atoms. The van der Waals surface area contributed by atoms with E-state index < -0.39 is 32.3 Å². The first kappa shape index (κ1) is 22.9. The third-order valence-electron chi connectivity index (χ3n) is 7.50. The van der Waals surface area contributed by atoms with Gasteiger partial charge in [0.05, 0.1) is 32.3 Å². The standard InChI is InChI=1S/C22H48Si4/c1-23(2,3)17-13-14-19(25(7,8)9)22-20(26(10,11)12)16-15-18(21(17)22)24(4,5)6/h17-20H,13-16H2,1-12H3. The summed E-state index contributed by atoms with van der Waals surface area (Å²) in [6, 6.07) is 0. The van der Waals surface area contributed by atoms with Gasteiger partial charge in [0.15, 0.2) is 0 Å². The van der Waals surface area contributed by atoms with Crippen LogP contribution in [0.25, 0.3) is 0 Å². The molecule has 0 aromatic heterocycles. The van der Waals surface area contributed by atoms with Crippen LogP contribution in [0.4, 0.5) is 0 Å². The molecule has 0 nitrogen and oxygen atoms in total. The maximum absolute atomic E-state index is 2.66. The van der Waals surface area contributed by atoms with Gasteiger partial charge in [0.25, 0.3) is 0 Å². The zero-order valence-electron chi connectivity index (χ0n) is 20.1. The molecular weight excluding hydrogens is 377 g/mol. The van der Waals surface area contributed by atoms with E-state index in [0.717, 1.165) is 22.2 Å². The van der Waals surface area contributed by atoms with Crippen LogP contribution < -0.4 is 0 Å². The number of allylic oxidation sites excluding steroid dienone is 2. The smallest absolute Gasteiger partial charge is 0.0517 e. The zero-order chi connectivity index (χ0) is 20.3. The maximum atomic E-state index is 2.66. The van der Waals surface area contributed by atoms with E-state index in [-0.39, 0.29) is 0 Å². The molecule has 0 saturated heterocycles. The lowest BCUT2D eigenvalue weighted by Crippen LogP contribution is -2.47. The van der Waals surface area contributed by atoms with Crippen molar-refractivity contribution in [2.45, 2.75) is 126 Å². The summed E-state index contributed by atoms with van der Waals surface area (Å²) in [6.45, 7) is 32.0. The Morgan fingerprint density at radius 1 is 0.385 bits per heavy atom. The molecule has 0 amide bonds. The van der Waals surface area contributed by atoms with Gasteiger partial charge in [-0.05, 0) is 47.8 Å². The van der Waals surface area contributed by atoms with Crippen LogP contribution in [-0.4, -0.2) is 32.3 Å². The van der Waals surface area contributed by atoms with Gasteiger partial charge < -0.3 is 0 Å². The molecule has 4 unspecified atom stereocenters. The van der Waals surface area contributed by atoms with E-state index in [4.69, 9.17) is 0 Å². The van der Waals surface area contributed by atoms with E-state index in [1.807, 2.05) is 0 Å². The van der Waals surface area contributed by atoms with Crippen molar-refractivity contribution in [3.63, 3.8) is 0 Å². The normalized spacial score (nSPS) is 31.8. The molecule has 2 aliphatic carbocycles. The summed E-state index contributed by atoms with van der Waals surface area (Å²) in [6.07, 6.45) is 6.07. The Balaban J connectivity index is 2.78. The van der Waals surface area contributed by atoms with E-state index in [1.54, 1.807) is 0 Å². The zero-order valence-corrected chi connectivity index (χ0v) is 24.1. The van der Waals surface area contributed by atoms with E-state index in [1.165, 1.54) is 25.7 Å². The van der Waals surface area contributed by atoms with Gasteiger partial charge in [-0.3, -0.25) is 0 Å². The van der Waals surface area contributed by atoms with Crippen LogP contribution in [0.2, 0.25) is 101 Å². The quantitative estimate of drug-likeness (QED) is 0.312. The summed E-state index contributed by atoms with van der Waals surface area (Å²) in [4.78, 5) is 0. The predicted molar refractivity (Wildman–Crippen MR) is 134 cm³/mol. The van der Waals surface area contributed by atoms with Gasteiger partial charge in [-0.1, -0.05) is 89.7 Å². The van der Waals surface area contributed by atoms with E-state index in [2.05, 4.69) is 89.7 Å². The second-order valence-corrected chi connectivity index (χ2v) is 35.5. The largest absolute Gasteiger partial charge is 0.0701 e. The summed E-state index contributed by atoms with van der Waals surface area (Å²) in [7, 11) is -4.67. The predicted octanol–water partition coefficient (Wildman–Crippen LogP) is 8.70. The molecule has 2 aliphatic rings. The van der Waals surface area contributed by atoms with Crippen LogP contribution in [0.5, 0.6) is 0 Å². The van der Waals surface area contributed by atoms with Crippen LogP contribution >= 0.6 is 0 Å². The molecule has 152 valence electrons. The van der Waals surface area contributed by atoms with Gasteiger partial charge in [0.1, 0.15) is 0 Å². The van der Waals surface area contributed by atoms with E-state index in [9.17, 15) is 0 Å². The molecule has 0 radical (unpaired) electrons. The first-order valence-electron chi connectivity index (χ1n) is 11.2. The van der Waals surface area contributed by atoms with Gasteiger partial charge in [0.2, 0.25) is 0 Å². The van der Waals surface area contributed by atoms with Crippen molar-refractivity contribution >= 4 is 32.3 Å². The third-order valence-corrected chi connectivity index (χ3v) is 18.3. The topological polar surface area (TPSA) is 0 Å². The third kappa shape index (κ3) is 4.60. The van der Waals surface area contributed by atoms with E-state index >= 15 is 0 Å². The Morgan fingerprint density at radius 2 is 0.538 bits per heavy atom. The summed E-state index contributed by atoms with van der Waals surface area (Å²) in [5.74, 6) is 0. The number of hydrogen-bond acceptors (Lipinski definition) is 0. The molecule has 26 heavy (non-hydrogen) atoms. The van der Waals surface area contributed by atoms with Crippen molar-refractivity contribution < 1.29 is 0 Å². The fourth-order valence-electron chi connectivity index (χ4n) is 6.18. The SMILES string of the molecule is C[Si](C)(C)C1CCC([Si](C)(C)C)C2=C1C([Si](C)(C)C)CCC2[Si](C)(C)C. The molecule has 2 rings (SSSR count). The van der Waals surface area contributed by atoms with Crippen molar-refractivity contribution in [3.05, 3.63) is 11.1 Å². The van der Waals surface area contributed by atoms with Crippen LogP contribution in [-0.2, 0) is 0 Å². The summed E-state index contributed by atoms with van der Waals surface area (Å²) in [5.41, 5.74) is 8.09. The van der Waals surface area contributed by atoms with Crippen LogP contribution in [0.3, 0.4) is 0 Å². The molecule has 0 bridgehead atoms.